The average molecular weight is 263 g/mol. The SMILES string of the molecule is CC1CCCN(Cc2cc(C#CCO)cs2)CC1. The molecule has 0 aliphatic carbocycles. The number of nitrogens with zero attached hydrogens (tertiary/aromatic N) is 1. The van der Waals surface area contributed by atoms with E-state index in [4.69, 9.17) is 5.11 Å². The molecule has 0 radical (unpaired) electrons. The Labute approximate surface area is 114 Å². The highest BCUT2D eigenvalue weighted by molar-refractivity contribution is 7.10. The molecule has 1 aliphatic rings. The van der Waals surface area contributed by atoms with E-state index in [1.54, 1.807) is 11.3 Å². The van der Waals surface area contributed by atoms with E-state index in [0.717, 1.165) is 18.0 Å². The molecule has 0 saturated carbocycles. The predicted octanol–water partition coefficient (Wildman–Crippen LogP) is 2.71. The number of aliphatic hydroxyl groups is 1. The number of rotatable bonds is 2. The zero-order valence-electron chi connectivity index (χ0n) is 11.0. The van der Waals surface area contributed by atoms with Crippen molar-refractivity contribution in [3.8, 4) is 11.8 Å². The maximum atomic E-state index is 8.67. The third-order valence-corrected chi connectivity index (χ3v) is 4.38. The van der Waals surface area contributed by atoms with Gasteiger partial charge in [-0.05, 0) is 44.3 Å². The third-order valence-electron chi connectivity index (χ3n) is 3.45. The molecule has 0 aromatic carbocycles. The first-order chi connectivity index (χ1) is 8.78. The molecule has 0 amide bonds. The summed E-state index contributed by atoms with van der Waals surface area (Å²) in [7, 11) is 0. The van der Waals surface area contributed by atoms with Gasteiger partial charge in [-0.2, -0.15) is 0 Å². The first kappa shape index (κ1) is 13.6. The van der Waals surface area contributed by atoms with Crippen LogP contribution in [0.25, 0.3) is 0 Å². The molecule has 1 unspecified atom stereocenters. The highest BCUT2D eigenvalue weighted by Crippen LogP contribution is 2.21. The Morgan fingerprint density at radius 1 is 1.44 bits per heavy atom. The third kappa shape index (κ3) is 4.13. The van der Waals surface area contributed by atoms with Gasteiger partial charge in [-0.3, -0.25) is 4.90 Å². The van der Waals surface area contributed by atoms with Crippen molar-refractivity contribution in [1.29, 1.82) is 0 Å². The Kier molecular flexibility index (Phi) is 5.25. The minimum absolute atomic E-state index is 0.0603. The van der Waals surface area contributed by atoms with Gasteiger partial charge >= 0.3 is 0 Å². The lowest BCUT2D eigenvalue weighted by molar-refractivity contribution is 0.276. The number of aliphatic hydroxyl groups excluding tert-OH is 1. The lowest BCUT2D eigenvalue weighted by Gasteiger charge is -2.18. The fourth-order valence-corrected chi connectivity index (χ4v) is 3.23. The van der Waals surface area contributed by atoms with Gasteiger partial charge in [0.1, 0.15) is 6.61 Å². The van der Waals surface area contributed by atoms with E-state index in [-0.39, 0.29) is 6.61 Å². The van der Waals surface area contributed by atoms with Gasteiger partial charge in [0.05, 0.1) is 0 Å². The monoisotopic (exact) mass is 263 g/mol. The highest BCUT2D eigenvalue weighted by Gasteiger charge is 2.14. The van der Waals surface area contributed by atoms with Crippen LogP contribution in [0.4, 0.5) is 0 Å². The van der Waals surface area contributed by atoms with Crippen LogP contribution in [0.1, 0.15) is 36.6 Å². The first-order valence-electron chi connectivity index (χ1n) is 6.67. The van der Waals surface area contributed by atoms with Crippen molar-refractivity contribution in [3.63, 3.8) is 0 Å². The number of likely N-dealkylation sites (tertiary alicyclic amines) is 1. The molecule has 0 spiro atoms. The minimum atomic E-state index is -0.0603. The summed E-state index contributed by atoms with van der Waals surface area (Å²) >= 11 is 1.78. The molecule has 2 rings (SSSR count). The van der Waals surface area contributed by atoms with E-state index in [1.807, 2.05) is 0 Å². The Bertz CT molecular complexity index is 429. The number of hydrogen-bond acceptors (Lipinski definition) is 3. The lowest BCUT2D eigenvalue weighted by Crippen LogP contribution is -2.23. The summed E-state index contributed by atoms with van der Waals surface area (Å²) in [5.74, 6) is 6.54. The van der Waals surface area contributed by atoms with Crippen molar-refractivity contribution < 1.29 is 5.11 Å². The maximum absolute atomic E-state index is 8.67. The van der Waals surface area contributed by atoms with Crippen LogP contribution >= 0.6 is 11.3 Å². The van der Waals surface area contributed by atoms with Crippen LogP contribution < -0.4 is 0 Å². The Hall–Kier alpha value is -0.820. The molecular weight excluding hydrogens is 242 g/mol. The van der Waals surface area contributed by atoms with Gasteiger partial charge in [-0.15, -0.1) is 11.3 Å². The molecule has 2 heterocycles. The second-order valence-electron chi connectivity index (χ2n) is 5.07. The van der Waals surface area contributed by atoms with Crippen molar-refractivity contribution in [2.75, 3.05) is 19.7 Å². The molecule has 1 N–H and O–H groups in total. The molecule has 2 nitrogen and oxygen atoms in total. The summed E-state index contributed by atoms with van der Waals surface area (Å²) in [6, 6.07) is 2.15. The lowest BCUT2D eigenvalue weighted by atomic mass is 10.0. The number of thiophene rings is 1. The van der Waals surface area contributed by atoms with Crippen molar-refractivity contribution in [1.82, 2.24) is 4.90 Å². The Morgan fingerprint density at radius 3 is 3.17 bits per heavy atom. The van der Waals surface area contributed by atoms with E-state index in [0.29, 0.717) is 0 Å². The smallest absolute Gasteiger partial charge is 0.104 e. The highest BCUT2D eigenvalue weighted by atomic mass is 32.1. The molecule has 3 heteroatoms. The van der Waals surface area contributed by atoms with E-state index >= 15 is 0 Å². The van der Waals surface area contributed by atoms with Crippen LogP contribution in [0.15, 0.2) is 11.4 Å². The molecule has 18 heavy (non-hydrogen) atoms. The summed E-state index contributed by atoms with van der Waals surface area (Å²) in [5, 5.41) is 10.8. The van der Waals surface area contributed by atoms with E-state index in [9.17, 15) is 0 Å². The number of hydrogen-bond donors (Lipinski definition) is 1. The van der Waals surface area contributed by atoms with Crippen LogP contribution in [-0.2, 0) is 6.54 Å². The molecule has 98 valence electrons. The quantitative estimate of drug-likeness (QED) is 0.829. The van der Waals surface area contributed by atoms with Crippen molar-refractivity contribution in [3.05, 3.63) is 21.9 Å². The van der Waals surface area contributed by atoms with Crippen LogP contribution in [0.2, 0.25) is 0 Å². The maximum Gasteiger partial charge on any atom is 0.104 e. The van der Waals surface area contributed by atoms with Crippen molar-refractivity contribution in [2.45, 2.75) is 32.7 Å². The minimum Gasteiger partial charge on any atom is -0.384 e. The molecular formula is C15H21NOS. The molecule has 1 atom stereocenters. The zero-order valence-corrected chi connectivity index (χ0v) is 11.8. The van der Waals surface area contributed by atoms with E-state index in [1.165, 1.54) is 37.2 Å². The largest absolute Gasteiger partial charge is 0.384 e. The summed E-state index contributed by atoms with van der Waals surface area (Å²) in [6.07, 6.45) is 4.01. The van der Waals surface area contributed by atoms with E-state index < -0.39 is 0 Å². The predicted molar refractivity (Wildman–Crippen MR) is 76.6 cm³/mol. The second kappa shape index (κ2) is 6.94. The Balaban J connectivity index is 1.90. The topological polar surface area (TPSA) is 23.5 Å². The fraction of sp³-hybridized carbons (Fsp3) is 0.600. The van der Waals surface area contributed by atoms with Gasteiger partial charge in [-0.1, -0.05) is 18.8 Å². The molecule has 0 bridgehead atoms. The zero-order chi connectivity index (χ0) is 12.8. The van der Waals surface area contributed by atoms with Gasteiger partial charge in [-0.25, -0.2) is 0 Å². The molecule has 1 aromatic rings. The van der Waals surface area contributed by atoms with Crippen molar-refractivity contribution >= 4 is 11.3 Å². The van der Waals surface area contributed by atoms with Crippen LogP contribution in [0.5, 0.6) is 0 Å². The van der Waals surface area contributed by atoms with Crippen LogP contribution in [0.3, 0.4) is 0 Å². The second-order valence-corrected chi connectivity index (χ2v) is 6.07. The first-order valence-corrected chi connectivity index (χ1v) is 7.55. The van der Waals surface area contributed by atoms with Gasteiger partial charge < -0.3 is 5.11 Å². The summed E-state index contributed by atoms with van der Waals surface area (Å²) < 4.78 is 0. The van der Waals surface area contributed by atoms with Crippen LogP contribution in [-0.4, -0.2) is 29.7 Å². The van der Waals surface area contributed by atoms with Gasteiger partial charge in [0, 0.05) is 22.4 Å². The van der Waals surface area contributed by atoms with Gasteiger partial charge in [0.15, 0.2) is 0 Å². The molecule has 1 saturated heterocycles. The average Bonchev–Trinajstić information content (AvgIpc) is 2.70. The summed E-state index contributed by atoms with van der Waals surface area (Å²) in [4.78, 5) is 3.94. The molecule has 1 aliphatic heterocycles. The molecule has 1 aromatic heterocycles. The molecule has 1 fully saturated rings. The summed E-state index contributed by atoms with van der Waals surface area (Å²) in [5.41, 5.74) is 1.03. The normalized spacial score (nSPS) is 21.1. The van der Waals surface area contributed by atoms with Crippen molar-refractivity contribution in [2.24, 2.45) is 5.92 Å². The summed E-state index contributed by atoms with van der Waals surface area (Å²) in [6.45, 7) is 5.79. The van der Waals surface area contributed by atoms with E-state index in [2.05, 4.69) is 35.1 Å². The van der Waals surface area contributed by atoms with Crippen LogP contribution in [0, 0.1) is 17.8 Å². The standard InChI is InChI=1S/C15H21NOS/c1-13-4-2-7-16(8-6-13)11-15-10-14(12-18-15)5-3-9-17/h10,12-13,17H,2,4,6-9,11H2,1H3. The fourth-order valence-electron chi connectivity index (χ4n) is 2.37. The van der Waals surface area contributed by atoms with Gasteiger partial charge in [0.25, 0.3) is 0 Å². The Morgan fingerprint density at radius 2 is 2.33 bits per heavy atom. The van der Waals surface area contributed by atoms with Gasteiger partial charge in [0.2, 0.25) is 0 Å².